The van der Waals surface area contributed by atoms with Gasteiger partial charge in [-0.3, -0.25) is 9.59 Å². The summed E-state index contributed by atoms with van der Waals surface area (Å²) in [6, 6.07) is 12.1. The Balaban J connectivity index is 2.04. The number of carbonyl (C=O) groups is 2. The maximum Gasteiger partial charge on any atom is 0.274 e. The summed E-state index contributed by atoms with van der Waals surface area (Å²) < 4.78 is 0.930. The van der Waals surface area contributed by atoms with E-state index in [0.717, 1.165) is 17.3 Å². The second-order valence-corrected chi connectivity index (χ2v) is 5.89. The lowest BCUT2D eigenvalue weighted by Gasteiger charge is -2.07. The van der Waals surface area contributed by atoms with Gasteiger partial charge in [-0.05, 0) is 42.8 Å². The van der Waals surface area contributed by atoms with Crippen LogP contribution in [0.15, 0.2) is 46.9 Å². The molecule has 0 fully saturated rings. The highest BCUT2D eigenvalue weighted by molar-refractivity contribution is 9.10. The number of anilines is 1. The van der Waals surface area contributed by atoms with Crippen LogP contribution in [0.25, 0.3) is 0 Å². The Morgan fingerprint density at radius 1 is 1.04 bits per heavy atom. The van der Waals surface area contributed by atoms with E-state index in [1.165, 1.54) is 0 Å². The summed E-state index contributed by atoms with van der Waals surface area (Å²) in [4.78, 5) is 28.3. The number of nitrogens with one attached hydrogen (secondary N) is 2. The first-order valence-corrected chi connectivity index (χ1v) is 8.21. The number of hydrogen-bond acceptors (Lipinski definition) is 3. The lowest BCUT2D eigenvalue weighted by atomic mass is 10.2. The fourth-order valence-corrected chi connectivity index (χ4v) is 2.15. The molecule has 2 amide bonds. The van der Waals surface area contributed by atoms with Crippen molar-refractivity contribution in [2.75, 3.05) is 11.9 Å². The van der Waals surface area contributed by atoms with E-state index in [9.17, 15) is 9.59 Å². The lowest BCUT2D eigenvalue weighted by Crippen LogP contribution is -2.26. The van der Waals surface area contributed by atoms with Crippen molar-refractivity contribution in [3.05, 3.63) is 58.3 Å². The van der Waals surface area contributed by atoms with Crippen molar-refractivity contribution in [2.24, 2.45) is 0 Å². The van der Waals surface area contributed by atoms with Crippen molar-refractivity contribution >= 4 is 33.4 Å². The maximum atomic E-state index is 12.2. The van der Waals surface area contributed by atoms with Crippen molar-refractivity contribution in [3.8, 4) is 0 Å². The van der Waals surface area contributed by atoms with E-state index in [0.29, 0.717) is 12.2 Å². The van der Waals surface area contributed by atoms with Crippen molar-refractivity contribution in [3.63, 3.8) is 0 Å². The standard InChI is InChI=1S/C17H18BrN3O2/c1-2-3-11-19-16(22)14-5-4-6-15(21-14)17(23)20-13-9-7-12(18)8-10-13/h4-10H,2-3,11H2,1H3,(H,19,22)(H,20,23). The van der Waals surface area contributed by atoms with Crippen LogP contribution in [0, 0.1) is 0 Å². The number of pyridine rings is 1. The van der Waals surface area contributed by atoms with E-state index in [1.54, 1.807) is 30.3 Å². The van der Waals surface area contributed by atoms with Gasteiger partial charge >= 0.3 is 0 Å². The molecule has 23 heavy (non-hydrogen) atoms. The van der Waals surface area contributed by atoms with E-state index in [4.69, 9.17) is 0 Å². The fraction of sp³-hybridized carbons (Fsp3) is 0.235. The number of rotatable bonds is 6. The number of aromatic nitrogens is 1. The predicted molar refractivity (Wildman–Crippen MR) is 93.6 cm³/mol. The first-order valence-electron chi connectivity index (χ1n) is 7.42. The molecule has 1 aromatic carbocycles. The molecule has 0 aliphatic heterocycles. The van der Waals surface area contributed by atoms with Gasteiger partial charge in [-0.1, -0.05) is 35.3 Å². The Labute approximate surface area is 143 Å². The molecule has 2 rings (SSSR count). The van der Waals surface area contributed by atoms with Crippen molar-refractivity contribution in [1.82, 2.24) is 10.3 Å². The van der Waals surface area contributed by atoms with Crippen molar-refractivity contribution in [1.29, 1.82) is 0 Å². The zero-order valence-electron chi connectivity index (χ0n) is 12.8. The minimum atomic E-state index is -0.351. The molecule has 1 aromatic heterocycles. The van der Waals surface area contributed by atoms with Crippen LogP contribution in [0.4, 0.5) is 5.69 Å². The topological polar surface area (TPSA) is 71.1 Å². The third-order valence-electron chi connectivity index (χ3n) is 3.13. The molecule has 6 heteroatoms. The molecule has 0 aliphatic rings. The summed E-state index contributed by atoms with van der Waals surface area (Å²) in [6.45, 7) is 2.66. The molecule has 0 saturated carbocycles. The summed E-state index contributed by atoms with van der Waals surface area (Å²) in [6.07, 6.45) is 1.92. The Morgan fingerprint density at radius 3 is 2.35 bits per heavy atom. The van der Waals surface area contributed by atoms with Crippen LogP contribution in [-0.4, -0.2) is 23.3 Å². The number of hydrogen-bond donors (Lipinski definition) is 2. The molecule has 2 N–H and O–H groups in total. The molecule has 0 saturated heterocycles. The van der Waals surface area contributed by atoms with Gasteiger partial charge in [-0.25, -0.2) is 4.98 Å². The highest BCUT2D eigenvalue weighted by Gasteiger charge is 2.12. The quantitative estimate of drug-likeness (QED) is 0.757. The summed E-state index contributed by atoms with van der Waals surface area (Å²) >= 11 is 3.34. The van der Waals surface area contributed by atoms with Crippen LogP contribution < -0.4 is 10.6 Å². The largest absolute Gasteiger partial charge is 0.351 e. The van der Waals surface area contributed by atoms with E-state index in [2.05, 4.69) is 38.5 Å². The molecule has 1 heterocycles. The third kappa shape index (κ3) is 5.17. The molecule has 5 nitrogen and oxygen atoms in total. The fourth-order valence-electron chi connectivity index (χ4n) is 1.89. The van der Waals surface area contributed by atoms with Crippen LogP contribution in [-0.2, 0) is 0 Å². The van der Waals surface area contributed by atoms with Gasteiger partial charge in [0.15, 0.2) is 0 Å². The zero-order valence-corrected chi connectivity index (χ0v) is 14.4. The van der Waals surface area contributed by atoms with Crippen LogP contribution in [0.2, 0.25) is 0 Å². The van der Waals surface area contributed by atoms with Gasteiger partial charge in [0.25, 0.3) is 11.8 Å². The molecule has 0 radical (unpaired) electrons. The Morgan fingerprint density at radius 2 is 1.70 bits per heavy atom. The molecule has 0 atom stereocenters. The van der Waals surface area contributed by atoms with Gasteiger partial charge < -0.3 is 10.6 Å². The molecule has 120 valence electrons. The molecular weight excluding hydrogens is 358 g/mol. The van der Waals surface area contributed by atoms with Crippen LogP contribution >= 0.6 is 15.9 Å². The van der Waals surface area contributed by atoms with Gasteiger partial charge in [0, 0.05) is 16.7 Å². The van der Waals surface area contributed by atoms with E-state index < -0.39 is 0 Å². The summed E-state index contributed by atoms with van der Waals surface area (Å²) in [5.41, 5.74) is 1.11. The highest BCUT2D eigenvalue weighted by Crippen LogP contribution is 2.14. The molecule has 0 aliphatic carbocycles. The average Bonchev–Trinajstić information content (AvgIpc) is 2.57. The normalized spacial score (nSPS) is 10.2. The SMILES string of the molecule is CCCCNC(=O)c1cccc(C(=O)Nc2ccc(Br)cc2)n1. The van der Waals surface area contributed by atoms with Gasteiger partial charge in [0.05, 0.1) is 0 Å². The van der Waals surface area contributed by atoms with Crippen LogP contribution in [0.3, 0.4) is 0 Å². The first-order chi connectivity index (χ1) is 11.1. The highest BCUT2D eigenvalue weighted by atomic mass is 79.9. The Bertz CT molecular complexity index is 686. The molecule has 0 spiro atoms. The van der Waals surface area contributed by atoms with Crippen molar-refractivity contribution < 1.29 is 9.59 Å². The van der Waals surface area contributed by atoms with E-state index >= 15 is 0 Å². The number of nitrogens with zero attached hydrogens (tertiary/aromatic N) is 1. The number of unbranched alkanes of at least 4 members (excludes halogenated alkanes) is 1. The van der Waals surface area contributed by atoms with Gasteiger partial charge in [-0.15, -0.1) is 0 Å². The smallest absolute Gasteiger partial charge is 0.274 e. The first kappa shape index (κ1) is 17.1. The lowest BCUT2D eigenvalue weighted by molar-refractivity contribution is 0.0948. The zero-order chi connectivity index (χ0) is 16.7. The average molecular weight is 376 g/mol. The molecular formula is C17H18BrN3O2. The Kier molecular flexibility index (Phi) is 6.29. The second kappa shape index (κ2) is 8.43. The molecule has 0 bridgehead atoms. The van der Waals surface area contributed by atoms with E-state index in [1.807, 2.05) is 12.1 Å². The van der Waals surface area contributed by atoms with E-state index in [-0.39, 0.29) is 23.2 Å². The summed E-state index contributed by atoms with van der Waals surface area (Å²) in [5.74, 6) is -0.618. The summed E-state index contributed by atoms with van der Waals surface area (Å²) in [5, 5.41) is 5.53. The second-order valence-electron chi connectivity index (χ2n) is 4.98. The molecule has 0 unspecified atom stereocenters. The predicted octanol–water partition coefficient (Wildman–Crippen LogP) is 3.63. The minimum absolute atomic E-state index is 0.205. The number of halogens is 1. The number of carbonyl (C=O) groups excluding carboxylic acids is 2. The Hall–Kier alpha value is -2.21. The number of benzene rings is 1. The van der Waals surface area contributed by atoms with Gasteiger partial charge in [0.2, 0.25) is 0 Å². The minimum Gasteiger partial charge on any atom is -0.351 e. The monoisotopic (exact) mass is 375 g/mol. The van der Waals surface area contributed by atoms with Crippen LogP contribution in [0.5, 0.6) is 0 Å². The van der Waals surface area contributed by atoms with Crippen LogP contribution in [0.1, 0.15) is 40.7 Å². The summed E-state index contributed by atoms with van der Waals surface area (Å²) in [7, 11) is 0. The third-order valence-corrected chi connectivity index (χ3v) is 3.66. The van der Waals surface area contributed by atoms with Crippen molar-refractivity contribution in [2.45, 2.75) is 19.8 Å². The van der Waals surface area contributed by atoms with Gasteiger partial charge in [0.1, 0.15) is 11.4 Å². The molecule has 2 aromatic rings. The maximum absolute atomic E-state index is 12.2. The van der Waals surface area contributed by atoms with Gasteiger partial charge in [-0.2, -0.15) is 0 Å². The number of amides is 2.